The number of ether oxygens (including phenoxy) is 1. The molecule has 0 saturated heterocycles. The molecule has 0 spiro atoms. The maximum Gasteiger partial charge on any atom is 0.0648 e. The first-order valence-corrected chi connectivity index (χ1v) is 5.23. The lowest BCUT2D eigenvalue weighted by Gasteiger charge is -2.26. The van der Waals surface area contributed by atoms with Gasteiger partial charge < -0.3 is 4.74 Å². The molecule has 1 heteroatoms. The molecule has 1 nitrogen and oxygen atoms in total. The zero-order valence-corrected chi connectivity index (χ0v) is 9.15. The number of hydrogen-bond acceptors (Lipinski definition) is 1. The lowest BCUT2D eigenvalue weighted by atomic mass is 9.95. The summed E-state index contributed by atoms with van der Waals surface area (Å²) in [6.45, 7) is 6.65. The highest BCUT2D eigenvalue weighted by atomic mass is 16.5. The maximum absolute atomic E-state index is 5.47. The van der Waals surface area contributed by atoms with E-state index in [2.05, 4.69) is 20.8 Å². The lowest BCUT2D eigenvalue weighted by Crippen LogP contribution is -2.25. The molecule has 0 aromatic rings. The minimum atomic E-state index is 0.133. The Kier molecular flexibility index (Phi) is 6.45. The van der Waals surface area contributed by atoms with E-state index in [9.17, 15) is 0 Å². The molecule has 0 aliphatic heterocycles. The van der Waals surface area contributed by atoms with Crippen molar-refractivity contribution in [2.45, 2.75) is 64.9 Å². The predicted molar refractivity (Wildman–Crippen MR) is 54.5 cm³/mol. The molecule has 0 aliphatic rings. The van der Waals surface area contributed by atoms with Crippen LogP contribution in [0.15, 0.2) is 0 Å². The zero-order valence-electron chi connectivity index (χ0n) is 9.15. The Hall–Kier alpha value is -0.0400. The minimum Gasteiger partial charge on any atom is -0.379 e. The summed E-state index contributed by atoms with van der Waals surface area (Å²) >= 11 is 0. The van der Waals surface area contributed by atoms with Crippen molar-refractivity contribution in [1.29, 1.82) is 0 Å². The molecule has 0 N–H and O–H groups in total. The van der Waals surface area contributed by atoms with Gasteiger partial charge in [0.15, 0.2) is 0 Å². The molecule has 0 aliphatic carbocycles. The van der Waals surface area contributed by atoms with Crippen LogP contribution < -0.4 is 0 Å². The van der Waals surface area contributed by atoms with Gasteiger partial charge in [-0.25, -0.2) is 0 Å². The third kappa shape index (κ3) is 4.76. The average Bonchev–Trinajstić information content (AvgIpc) is 2.12. The molecule has 0 saturated carbocycles. The summed E-state index contributed by atoms with van der Waals surface area (Å²) in [4.78, 5) is 0. The first-order valence-electron chi connectivity index (χ1n) is 5.23. The molecule has 74 valence electrons. The van der Waals surface area contributed by atoms with Crippen LogP contribution >= 0.6 is 0 Å². The first kappa shape index (κ1) is 12.0. The molecule has 0 amide bonds. The third-order valence-electron chi connectivity index (χ3n) is 2.80. The van der Waals surface area contributed by atoms with Crippen LogP contribution in [0.2, 0.25) is 0 Å². The maximum atomic E-state index is 5.47. The predicted octanol–water partition coefficient (Wildman–Crippen LogP) is 3.77. The second kappa shape index (κ2) is 6.47. The third-order valence-corrected chi connectivity index (χ3v) is 2.80. The van der Waals surface area contributed by atoms with Gasteiger partial charge in [0.05, 0.1) is 5.60 Å². The van der Waals surface area contributed by atoms with E-state index < -0.39 is 0 Å². The molecule has 0 heterocycles. The fraction of sp³-hybridized carbons (Fsp3) is 1.00. The fourth-order valence-corrected chi connectivity index (χ4v) is 1.35. The molecule has 0 aromatic carbocycles. The van der Waals surface area contributed by atoms with Gasteiger partial charge in [-0.1, -0.05) is 39.5 Å². The summed E-state index contributed by atoms with van der Waals surface area (Å²) in [5.41, 5.74) is 0.133. The molecule has 0 radical (unpaired) electrons. The van der Waals surface area contributed by atoms with Gasteiger partial charge in [-0.3, -0.25) is 0 Å². The monoisotopic (exact) mass is 172 g/mol. The SMILES string of the molecule is CCCCCCC(C)(CC)OC. The number of rotatable bonds is 7. The molecule has 0 bridgehead atoms. The van der Waals surface area contributed by atoms with Gasteiger partial charge in [-0.05, 0) is 19.8 Å². The summed E-state index contributed by atoms with van der Waals surface area (Å²) in [5.74, 6) is 0. The van der Waals surface area contributed by atoms with Gasteiger partial charge in [-0.2, -0.15) is 0 Å². The highest BCUT2D eigenvalue weighted by Gasteiger charge is 2.19. The van der Waals surface area contributed by atoms with Crippen LogP contribution in [0, 0.1) is 0 Å². The van der Waals surface area contributed by atoms with Crippen molar-refractivity contribution in [2.75, 3.05) is 7.11 Å². The van der Waals surface area contributed by atoms with E-state index in [4.69, 9.17) is 4.74 Å². The topological polar surface area (TPSA) is 9.23 Å². The highest BCUT2D eigenvalue weighted by molar-refractivity contribution is 4.71. The smallest absolute Gasteiger partial charge is 0.0648 e. The van der Waals surface area contributed by atoms with Gasteiger partial charge in [0.25, 0.3) is 0 Å². The van der Waals surface area contributed by atoms with E-state index in [1.807, 2.05) is 7.11 Å². The summed E-state index contributed by atoms with van der Waals surface area (Å²) in [6.07, 6.45) is 7.68. The van der Waals surface area contributed by atoms with Crippen LogP contribution in [0.1, 0.15) is 59.3 Å². The summed E-state index contributed by atoms with van der Waals surface area (Å²) in [6, 6.07) is 0. The van der Waals surface area contributed by atoms with Crippen LogP contribution in [-0.2, 0) is 4.74 Å². The molecule has 0 aromatic heterocycles. The van der Waals surface area contributed by atoms with Gasteiger partial charge in [0.1, 0.15) is 0 Å². The van der Waals surface area contributed by atoms with Crippen molar-refractivity contribution in [3.8, 4) is 0 Å². The van der Waals surface area contributed by atoms with E-state index in [1.165, 1.54) is 32.1 Å². The Balaban J connectivity index is 3.45. The van der Waals surface area contributed by atoms with E-state index in [1.54, 1.807) is 0 Å². The van der Waals surface area contributed by atoms with Crippen LogP contribution in [0.3, 0.4) is 0 Å². The average molecular weight is 172 g/mol. The van der Waals surface area contributed by atoms with E-state index in [-0.39, 0.29) is 5.60 Å². The normalized spacial score (nSPS) is 16.0. The van der Waals surface area contributed by atoms with E-state index >= 15 is 0 Å². The molecular formula is C11H24O. The number of methoxy groups -OCH3 is 1. The summed E-state index contributed by atoms with van der Waals surface area (Å²) in [7, 11) is 1.82. The second-order valence-corrected chi connectivity index (χ2v) is 3.82. The number of unbranched alkanes of at least 4 members (excludes halogenated alkanes) is 3. The van der Waals surface area contributed by atoms with Crippen LogP contribution in [0.25, 0.3) is 0 Å². The Bertz CT molecular complexity index is 95.2. The quantitative estimate of drug-likeness (QED) is 0.531. The molecular weight excluding hydrogens is 148 g/mol. The molecule has 0 rings (SSSR count). The van der Waals surface area contributed by atoms with Crippen LogP contribution in [0.4, 0.5) is 0 Å². The second-order valence-electron chi connectivity index (χ2n) is 3.82. The van der Waals surface area contributed by atoms with Crippen molar-refractivity contribution < 1.29 is 4.74 Å². The van der Waals surface area contributed by atoms with Crippen molar-refractivity contribution in [1.82, 2.24) is 0 Å². The van der Waals surface area contributed by atoms with Crippen molar-refractivity contribution in [3.05, 3.63) is 0 Å². The fourth-order valence-electron chi connectivity index (χ4n) is 1.35. The van der Waals surface area contributed by atoms with Gasteiger partial charge >= 0.3 is 0 Å². The Morgan fingerprint density at radius 2 is 1.75 bits per heavy atom. The van der Waals surface area contributed by atoms with Gasteiger partial charge in [0.2, 0.25) is 0 Å². The summed E-state index contributed by atoms with van der Waals surface area (Å²) < 4.78 is 5.47. The highest BCUT2D eigenvalue weighted by Crippen LogP contribution is 2.22. The van der Waals surface area contributed by atoms with E-state index in [0.29, 0.717) is 0 Å². The number of hydrogen-bond donors (Lipinski definition) is 0. The lowest BCUT2D eigenvalue weighted by molar-refractivity contribution is -0.00617. The van der Waals surface area contributed by atoms with Gasteiger partial charge in [-0.15, -0.1) is 0 Å². The molecule has 12 heavy (non-hydrogen) atoms. The Morgan fingerprint density at radius 1 is 1.08 bits per heavy atom. The van der Waals surface area contributed by atoms with Crippen LogP contribution in [-0.4, -0.2) is 12.7 Å². The standard InChI is InChI=1S/C11H24O/c1-5-7-8-9-10-11(3,6-2)12-4/h5-10H2,1-4H3. The molecule has 1 unspecified atom stereocenters. The van der Waals surface area contributed by atoms with Crippen molar-refractivity contribution in [3.63, 3.8) is 0 Å². The first-order chi connectivity index (χ1) is 5.68. The Morgan fingerprint density at radius 3 is 2.17 bits per heavy atom. The molecule has 0 fully saturated rings. The van der Waals surface area contributed by atoms with Gasteiger partial charge in [0, 0.05) is 7.11 Å². The van der Waals surface area contributed by atoms with Crippen molar-refractivity contribution >= 4 is 0 Å². The Labute approximate surface area is 77.5 Å². The van der Waals surface area contributed by atoms with E-state index in [0.717, 1.165) is 6.42 Å². The largest absolute Gasteiger partial charge is 0.379 e. The minimum absolute atomic E-state index is 0.133. The zero-order chi connectivity index (χ0) is 9.45. The van der Waals surface area contributed by atoms with Crippen LogP contribution in [0.5, 0.6) is 0 Å². The van der Waals surface area contributed by atoms with Crippen molar-refractivity contribution in [2.24, 2.45) is 0 Å². The summed E-state index contributed by atoms with van der Waals surface area (Å²) in [5, 5.41) is 0. The molecule has 1 atom stereocenters.